The van der Waals surface area contributed by atoms with Gasteiger partial charge in [-0.1, -0.05) is 26.0 Å². The van der Waals surface area contributed by atoms with Crippen LogP contribution in [-0.4, -0.2) is 31.6 Å². The molecule has 2 rings (SSSR count). The van der Waals surface area contributed by atoms with Gasteiger partial charge < -0.3 is 15.0 Å². The van der Waals surface area contributed by atoms with E-state index in [1.165, 1.54) is 0 Å². The van der Waals surface area contributed by atoms with Crippen LogP contribution in [0, 0.1) is 5.92 Å². The Kier molecular flexibility index (Phi) is 6.59. The zero-order valence-corrected chi connectivity index (χ0v) is 14.0. The fourth-order valence-electron chi connectivity index (χ4n) is 2.49. The molecular weight excluding hydrogens is 292 g/mol. The molecule has 2 amide bonds. The van der Waals surface area contributed by atoms with Gasteiger partial charge in [0.25, 0.3) is 0 Å². The van der Waals surface area contributed by atoms with E-state index in [1.54, 1.807) is 0 Å². The van der Waals surface area contributed by atoms with Crippen molar-refractivity contribution in [2.45, 2.75) is 39.7 Å². The number of anilines is 1. The molecule has 0 saturated carbocycles. The fourth-order valence-corrected chi connectivity index (χ4v) is 2.49. The number of carbonyl (C=O) groups is 2. The van der Waals surface area contributed by atoms with Crippen molar-refractivity contribution in [3.8, 4) is 0 Å². The van der Waals surface area contributed by atoms with Gasteiger partial charge in [-0.3, -0.25) is 9.59 Å². The molecule has 0 aromatic heterocycles. The minimum absolute atomic E-state index is 0.00690. The molecule has 1 aromatic carbocycles. The summed E-state index contributed by atoms with van der Waals surface area (Å²) in [6.45, 7) is 6.60. The molecule has 1 aliphatic rings. The van der Waals surface area contributed by atoms with E-state index in [1.807, 2.05) is 29.2 Å². The topological polar surface area (TPSA) is 58.6 Å². The molecule has 1 aliphatic heterocycles. The van der Waals surface area contributed by atoms with E-state index in [2.05, 4.69) is 19.2 Å². The lowest BCUT2D eigenvalue weighted by molar-refractivity contribution is -0.122. The lowest BCUT2D eigenvalue weighted by Crippen LogP contribution is -2.25. The monoisotopic (exact) mass is 318 g/mol. The van der Waals surface area contributed by atoms with Crippen LogP contribution in [0.2, 0.25) is 0 Å². The first-order valence-electron chi connectivity index (χ1n) is 8.30. The molecule has 1 N–H and O–H groups in total. The molecule has 5 heteroatoms. The van der Waals surface area contributed by atoms with Crippen molar-refractivity contribution >= 4 is 17.5 Å². The third kappa shape index (κ3) is 5.67. The van der Waals surface area contributed by atoms with Gasteiger partial charge in [0.2, 0.25) is 11.8 Å². The zero-order chi connectivity index (χ0) is 16.7. The number of nitrogens with zero attached hydrogens (tertiary/aromatic N) is 1. The first kappa shape index (κ1) is 17.5. The number of hydrogen-bond donors (Lipinski definition) is 1. The number of benzene rings is 1. The summed E-state index contributed by atoms with van der Waals surface area (Å²) in [6, 6.07) is 7.79. The highest BCUT2D eigenvalue weighted by Gasteiger charge is 2.21. The summed E-state index contributed by atoms with van der Waals surface area (Å²) in [4.78, 5) is 25.2. The summed E-state index contributed by atoms with van der Waals surface area (Å²) in [5.41, 5.74) is 1.96. The molecule has 0 radical (unpaired) electrons. The maximum absolute atomic E-state index is 11.7. The number of rotatable bonds is 8. The molecule has 23 heavy (non-hydrogen) atoms. The van der Waals surface area contributed by atoms with E-state index in [0.29, 0.717) is 38.5 Å². The summed E-state index contributed by atoms with van der Waals surface area (Å²) in [5.74, 6) is 0.666. The molecule has 0 bridgehead atoms. The molecule has 126 valence electrons. The van der Waals surface area contributed by atoms with E-state index in [0.717, 1.165) is 24.2 Å². The predicted octanol–water partition coefficient (Wildman–Crippen LogP) is 2.49. The second-order valence-corrected chi connectivity index (χ2v) is 6.31. The third-order valence-electron chi connectivity index (χ3n) is 3.74. The quantitative estimate of drug-likeness (QED) is 0.749. The molecule has 0 atom stereocenters. The summed E-state index contributed by atoms with van der Waals surface area (Å²) in [6.07, 6.45) is 1.94. The van der Waals surface area contributed by atoms with Gasteiger partial charge in [0, 0.05) is 38.2 Å². The van der Waals surface area contributed by atoms with Crippen molar-refractivity contribution in [1.29, 1.82) is 0 Å². The van der Waals surface area contributed by atoms with Crippen molar-refractivity contribution in [3.05, 3.63) is 29.8 Å². The lowest BCUT2D eigenvalue weighted by atomic mass is 10.2. The largest absolute Gasteiger partial charge is 0.381 e. The average molecular weight is 318 g/mol. The van der Waals surface area contributed by atoms with E-state index in [9.17, 15) is 9.59 Å². The molecule has 0 spiro atoms. The van der Waals surface area contributed by atoms with Crippen LogP contribution in [0.15, 0.2) is 24.3 Å². The molecule has 5 nitrogen and oxygen atoms in total. The average Bonchev–Trinajstić information content (AvgIpc) is 2.96. The minimum atomic E-state index is -0.00690. The number of ether oxygens (including phenoxy) is 1. The van der Waals surface area contributed by atoms with Crippen molar-refractivity contribution in [1.82, 2.24) is 5.32 Å². The minimum Gasteiger partial charge on any atom is -0.381 e. The standard InChI is InChI=1S/C18H26N2O3/c1-14(2)13-23-11-9-17(21)19-12-15-5-7-16(8-6-15)20-10-3-4-18(20)22/h5-8,14H,3-4,9-13H2,1-2H3,(H,19,21). The van der Waals surface area contributed by atoms with E-state index in [4.69, 9.17) is 4.74 Å². The molecular formula is C18H26N2O3. The van der Waals surface area contributed by atoms with Gasteiger partial charge in [-0.05, 0) is 30.0 Å². The van der Waals surface area contributed by atoms with E-state index >= 15 is 0 Å². The van der Waals surface area contributed by atoms with Crippen LogP contribution < -0.4 is 10.2 Å². The predicted molar refractivity (Wildman–Crippen MR) is 90.1 cm³/mol. The third-order valence-corrected chi connectivity index (χ3v) is 3.74. The molecule has 1 fully saturated rings. The summed E-state index contributed by atoms with van der Waals surface area (Å²) in [5, 5.41) is 2.89. The van der Waals surface area contributed by atoms with E-state index < -0.39 is 0 Å². The number of nitrogens with one attached hydrogen (secondary N) is 1. The van der Waals surface area contributed by atoms with Crippen LogP contribution >= 0.6 is 0 Å². The highest BCUT2D eigenvalue weighted by molar-refractivity contribution is 5.95. The van der Waals surface area contributed by atoms with Crippen LogP contribution in [0.4, 0.5) is 5.69 Å². The van der Waals surface area contributed by atoms with Crippen molar-refractivity contribution in [2.24, 2.45) is 5.92 Å². The Balaban J connectivity index is 1.71. The van der Waals surface area contributed by atoms with Crippen LogP contribution in [0.1, 0.15) is 38.7 Å². The second kappa shape index (κ2) is 8.67. The number of amides is 2. The van der Waals surface area contributed by atoms with Crippen LogP contribution in [0.25, 0.3) is 0 Å². The van der Waals surface area contributed by atoms with E-state index in [-0.39, 0.29) is 11.8 Å². The van der Waals surface area contributed by atoms with Crippen molar-refractivity contribution < 1.29 is 14.3 Å². The lowest BCUT2D eigenvalue weighted by Gasteiger charge is -2.16. The summed E-state index contributed by atoms with van der Waals surface area (Å²) in [7, 11) is 0. The highest BCUT2D eigenvalue weighted by atomic mass is 16.5. The normalized spacial score (nSPS) is 14.6. The smallest absolute Gasteiger partial charge is 0.227 e. The van der Waals surface area contributed by atoms with Gasteiger partial charge in [0.1, 0.15) is 0 Å². The fraction of sp³-hybridized carbons (Fsp3) is 0.556. The number of hydrogen-bond acceptors (Lipinski definition) is 3. The molecule has 1 heterocycles. The molecule has 1 saturated heterocycles. The number of carbonyl (C=O) groups excluding carboxylic acids is 2. The summed E-state index contributed by atoms with van der Waals surface area (Å²) < 4.78 is 5.40. The Hall–Kier alpha value is -1.88. The maximum Gasteiger partial charge on any atom is 0.227 e. The summed E-state index contributed by atoms with van der Waals surface area (Å²) >= 11 is 0. The molecule has 1 aromatic rings. The SMILES string of the molecule is CC(C)COCCC(=O)NCc1ccc(N2CCCC2=O)cc1. The van der Waals surface area contributed by atoms with Crippen LogP contribution in [0.5, 0.6) is 0 Å². The Morgan fingerprint density at radius 3 is 2.65 bits per heavy atom. The molecule has 0 unspecified atom stereocenters. The van der Waals surface area contributed by atoms with Crippen LogP contribution in [0.3, 0.4) is 0 Å². The highest BCUT2D eigenvalue weighted by Crippen LogP contribution is 2.21. The maximum atomic E-state index is 11.7. The van der Waals surface area contributed by atoms with Crippen molar-refractivity contribution in [2.75, 3.05) is 24.7 Å². The van der Waals surface area contributed by atoms with Gasteiger partial charge in [-0.25, -0.2) is 0 Å². The van der Waals surface area contributed by atoms with Crippen molar-refractivity contribution in [3.63, 3.8) is 0 Å². The Labute approximate surface area is 138 Å². The van der Waals surface area contributed by atoms with Gasteiger partial charge >= 0.3 is 0 Å². The Morgan fingerprint density at radius 1 is 1.30 bits per heavy atom. The van der Waals surface area contributed by atoms with Gasteiger partial charge in [0.05, 0.1) is 6.61 Å². The molecule has 0 aliphatic carbocycles. The second-order valence-electron chi connectivity index (χ2n) is 6.31. The van der Waals surface area contributed by atoms with Gasteiger partial charge in [-0.2, -0.15) is 0 Å². The first-order valence-corrected chi connectivity index (χ1v) is 8.30. The van der Waals surface area contributed by atoms with Crippen LogP contribution in [-0.2, 0) is 20.9 Å². The Bertz CT molecular complexity index is 526. The zero-order valence-electron chi connectivity index (χ0n) is 14.0. The van der Waals surface area contributed by atoms with Gasteiger partial charge in [0.15, 0.2) is 0 Å². The van der Waals surface area contributed by atoms with Gasteiger partial charge in [-0.15, -0.1) is 0 Å². The Morgan fingerprint density at radius 2 is 2.04 bits per heavy atom. The first-order chi connectivity index (χ1) is 11.1.